The largest absolute Gasteiger partial charge is 0.436 e. The highest BCUT2D eigenvalue weighted by Crippen LogP contribution is 2.35. The van der Waals surface area contributed by atoms with Gasteiger partial charge in [0.2, 0.25) is 21.8 Å². The minimum atomic E-state index is -4.12. The molecule has 2 amide bonds. The highest BCUT2D eigenvalue weighted by molar-refractivity contribution is 7.89. The number of benzene rings is 3. The van der Waals surface area contributed by atoms with Crippen molar-refractivity contribution in [2.75, 3.05) is 4.90 Å². The number of para-hydroxylation sites is 2. The van der Waals surface area contributed by atoms with Gasteiger partial charge in [-0.2, -0.15) is 4.31 Å². The maximum Gasteiger partial charge on any atom is 0.252 e. The van der Waals surface area contributed by atoms with E-state index in [9.17, 15) is 18.0 Å². The number of sulfonamides is 1. The molecule has 190 valence electrons. The van der Waals surface area contributed by atoms with Crippen LogP contribution >= 0.6 is 11.6 Å². The van der Waals surface area contributed by atoms with Gasteiger partial charge in [0.25, 0.3) is 5.91 Å². The summed E-state index contributed by atoms with van der Waals surface area (Å²) in [7, 11) is -4.12. The first-order valence-corrected chi connectivity index (χ1v) is 13.4. The quantitative estimate of drug-likeness (QED) is 0.321. The molecule has 1 atom stereocenters. The Labute approximate surface area is 219 Å². The van der Waals surface area contributed by atoms with Crippen molar-refractivity contribution in [1.29, 1.82) is 0 Å². The number of halogens is 1. The topological polar surface area (TPSA) is 101 Å². The Kier molecular flexibility index (Phi) is 6.18. The summed E-state index contributed by atoms with van der Waals surface area (Å²) in [5, 5.41) is 0.390. The van der Waals surface area contributed by atoms with E-state index in [-0.39, 0.29) is 11.3 Å². The molecule has 1 saturated heterocycles. The number of oxazole rings is 1. The third kappa shape index (κ3) is 4.54. The monoisotopic (exact) mass is 537 g/mol. The van der Waals surface area contributed by atoms with Crippen molar-refractivity contribution in [3.63, 3.8) is 0 Å². The first-order valence-electron chi connectivity index (χ1n) is 11.6. The van der Waals surface area contributed by atoms with E-state index in [2.05, 4.69) is 4.98 Å². The fourth-order valence-corrected chi connectivity index (χ4v) is 6.59. The zero-order chi connectivity index (χ0) is 26.5. The Morgan fingerprint density at radius 1 is 0.973 bits per heavy atom. The van der Waals surface area contributed by atoms with Gasteiger partial charge >= 0.3 is 0 Å². The molecule has 0 spiro atoms. The van der Waals surface area contributed by atoms with Gasteiger partial charge in [0, 0.05) is 16.1 Å². The first kappa shape index (κ1) is 25.1. The Bertz CT molecular complexity index is 1570. The van der Waals surface area contributed by atoms with E-state index in [4.69, 9.17) is 16.0 Å². The van der Waals surface area contributed by atoms with E-state index >= 15 is 0 Å². The summed E-state index contributed by atoms with van der Waals surface area (Å²) >= 11 is 5.93. The first-order chi connectivity index (χ1) is 17.5. The maximum atomic E-state index is 13.6. The van der Waals surface area contributed by atoms with Gasteiger partial charge in [-0.05, 0) is 81.4 Å². The number of carbonyl (C=O) groups excluding carboxylic acids is 2. The molecule has 2 heterocycles. The van der Waals surface area contributed by atoms with Crippen LogP contribution in [0.2, 0.25) is 5.02 Å². The normalized spacial score (nSPS) is 16.8. The second-order valence-corrected chi connectivity index (χ2v) is 12.0. The Balaban J connectivity index is 1.46. The van der Waals surface area contributed by atoms with Gasteiger partial charge in [-0.1, -0.05) is 23.7 Å². The molecule has 5 rings (SSSR count). The van der Waals surface area contributed by atoms with Crippen molar-refractivity contribution in [3.05, 3.63) is 77.8 Å². The summed E-state index contributed by atoms with van der Waals surface area (Å²) in [4.78, 5) is 32.1. The lowest BCUT2D eigenvalue weighted by atomic mass is 10.1. The Morgan fingerprint density at radius 2 is 1.62 bits per heavy atom. The third-order valence-electron chi connectivity index (χ3n) is 6.10. The molecule has 0 saturated carbocycles. The predicted molar refractivity (Wildman–Crippen MR) is 141 cm³/mol. The van der Waals surface area contributed by atoms with Crippen LogP contribution in [0.1, 0.15) is 27.2 Å². The van der Waals surface area contributed by atoms with Gasteiger partial charge in [0.1, 0.15) is 11.6 Å². The molecule has 1 aromatic heterocycles. The van der Waals surface area contributed by atoms with Crippen LogP contribution < -0.4 is 4.90 Å². The number of amides is 2. The van der Waals surface area contributed by atoms with Crippen LogP contribution in [-0.4, -0.2) is 41.1 Å². The molecule has 0 bridgehead atoms. The van der Waals surface area contributed by atoms with E-state index in [0.29, 0.717) is 27.7 Å². The highest BCUT2D eigenvalue weighted by Gasteiger charge is 2.50. The van der Waals surface area contributed by atoms with Crippen molar-refractivity contribution in [3.8, 4) is 11.5 Å². The van der Waals surface area contributed by atoms with Crippen molar-refractivity contribution in [2.45, 2.75) is 43.7 Å². The SMILES string of the molecule is CC(C)(C)N(C1CC(=O)N(c2ccc(-c3nc4ccccc4o3)cc2)C1=O)S(=O)(=O)c1ccc(Cl)cc1. The number of hydrogen-bond acceptors (Lipinski definition) is 6. The fraction of sp³-hybridized carbons (Fsp3) is 0.222. The van der Waals surface area contributed by atoms with Gasteiger partial charge < -0.3 is 4.42 Å². The minimum Gasteiger partial charge on any atom is -0.436 e. The summed E-state index contributed by atoms with van der Waals surface area (Å²) in [5.41, 5.74) is 1.41. The molecule has 0 aliphatic carbocycles. The lowest BCUT2D eigenvalue weighted by Gasteiger charge is -2.37. The van der Waals surface area contributed by atoms with Crippen molar-refractivity contribution >= 4 is 50.2 Å². The average molecular weight is 538 g/mol. The number of hydrogen-bond donors (Lipinski definition) is 0. The predicted octanol–water partition coefficient (Wildman–Crippen LogP) is 5.27. The van der Waals surface area contributed by atoms with Crippen molar-refractivity contribution in [2.24, 2.45) is 0 Å². The average Bonchev–Trinajstić information content (AvgIpc) is 3.39. The standard InChI is InChI=1S/C27H24ClN3O5S/c1-27(2,3)31(37(34,35)20-14-10-18(28)11-15-20)22-16-24(32)30(26(22)33)19-12-8-17(9-13-19)25-29-21-6-4-5-7-23(21)36-25/h4-15,22H,16H2,1-3H3. The molecule has 8 nitrogen and oxygen atoms in total. The van der Waals surface area contributed by atoms with E-state index in [1.807, 2.05) is 24.3 Å². The van der Waals surface area contributed by atoms with Crippen LogP contribution in [-0.2, 0) is 19.6 Å². The van der Waals surface area contributed by atoms with Gasteiger partial charge in [-0.25, -0.2) is 18.3 Å². The number of carbonyl (C=O) groups is 2. The van der Waals surface area contributed by atoms with Crippen LogP contribution in [0.4, 0.5) is 5.69 Å². The lowest BCUT2D eigenvalue weighted by molar-refractivity contribution is -0.122. The lowest BCUT2D eigenvalue weighted by Crippen LogP contribution is -2.54. The number of fused-ring (bicyclic) bond motifs is 1. The second-order valence-electron chi connectivity index (χ2n) is 9.75. The summed E-state index contributed by atoms with van der Waals surface area (Å²) in [6.07, 6.45) is -0.268. The molecule has 1 unspecified atom stereocenters. The smallest absolute Gasteiger partial charge is 0.252 e. The highest BCUT2D eigenvalue weighted by atomic mass is 35.5. The van der Waals surface area contributed by atoms with Crippen LogP contribution in [0.3, 0.4) is 0 Å². The fourth-order valence-electron chi connectivity index (χ4n) is 4.53. The van der Waals surface area contributed by atoms with Crippen molar-refractivity contribution < 1.29 is 22.4 Å². The molecule has 0 radical (unpaired) electrons. The zero-order valence-corrected chi connectivity index (χ0v) is 22.0. The molecule has 37 heavy (non-hydrogen) atoms. The molecular formula is C27H24ClN3O5S. The van der Waals surface area contributed by atoms with E-state index in [0.717, 1.165) is 14.7 Å². The van der Waals surface area contributed by atoms with Crippen LogP contribution in [0.25, 0.3) is 22.6 Å². The van der Waals surface area contributed by atoms with E-state index in [1.54, 1.807) is 45.0 Å². The zero-order valence-electron chi connectivity index (χ0n) is 20.4. The van der Waals surface area contributed by atoms with Crippen LogP contribution in [0.15, 0.2) is 82.1 Å². The summed E-state index contributed by atoms with van der Waals surface area (Å²) < 4.78 is 34.2. The van der Waals surface area contributed by atoms with Gasteiger partial charge in [0.15, 0.2) is 5.58 Å². The van der Waals surface area contributed by atoms with Gasteiger partial charge in [0.05, 0.1) is 17.0 Å². The minimum absolute atomic E-state index is 0.00629. The number of nitrogens with zero attached hydrogens (tertiary/aromatic N) is 3. The molecule has 1 aliphatic rings. The number of rotatable bonds is 5. The number of aromatic nitrogens is 1. The number of imide groups is 1. The van der Waals surface area contributed by atoms with Crippen LogP contribution in [0, 0.1) is 0 Å². The Hall–Kier alpha value is -3.53. The number of anilines is 1. The summed E-state index contributed by atoms with van der Waals surface area (Å²) in [6.45, 7) is 5.07. The van der Waals surface area contributed by atoms with Gasteiger partial charge in [-0.15, -0.1) is 0 Å². The third-order valence-corrected chi connectivity index (χ3v) is 8.54. The summed E-state index contributed by atoms with van der Waals surface area (Å²) in [5.74, 6) is -0.671. The Morgan fingerprint density at radius 3 is 2.24 bits per heavy atom. The second kappa shape index (κ2) is 9.09. The van der Waals surface area contributed by atoms with Crippen molar-refractivity contribution in [1.82, 2.24) is 9.29 Å². The molecule has 4 aromatic rings. The molecule has 1 fully saturated rings. The van der Waals surface area contributed by atoms with Crippen LogP contribution in [0.5, 0.6) is 0 Å². The summed E-state index contributed by atoms with van der Waals surface area (Å²) in [6, 6.07) is 18.6. The molecule has 3 aromatic carbocycles. The maximum absolute atomic E-state index is 13.6. The molecule has 1 aliphatic heterocycles. The van der Waals surface area contributed by atoms with Gasteiger partial charge in [-0.3, -0.25) is 9.59 Å². The molecule has 10 heteroatoms. The molecule has 0 N–H and O–H groups in total. The molecular weight excluding hydrogens is 514 g/mol. The van der Waals surface area contributed by atoms with E-state index in [1.165, 1.54) is 24.3 Å². The van der Waals surface area contributed by atoms with E-state index < -0.39 is 33.4 Å².